The third kappa shape index (κ3) is 3.69. The van der Waals surface area contributed by atoms with Crippen molar-refractivity contribution in [3.63, 3.8) is 0 Å². The number of rotatable bonds is 4. The molecule has 4 rings (SSSR count). The molecule has 1 fully saturated rings. The van der Waals surface area contributed by atoms with Crippen LogP contribution < -0.4 is 0 Å². The molecule has 2 heterocycles. The molecular weight excluding hydrogens is 329 g/mol. The summed E-state index contributed by atoms with van der Waals surface area (Å²) in [5.41, 5.74) is 4.66. The van der Waals surface area contributed by atoms with Gasteiger partial charge >= 0.3 is 0 Å². The molecule has 0 saturated carbocycles. The van der Waals surface area contributed by atoms with Gasteiger partial charge in [-0.05, 0) is 53.9 Å². The van der Waals surface area contributed by atoms with E-state index in [-0.39, 0.29) is 11.9 Å². The Morgan fingerprint density at radius 1 is 1.19 bits per heavy atom. The third-order valence-corrected chi connectivity index (χ3v) is 4.88. The molecule has 0 N–H and O–H groups in total. The second kappa shape index (κ2) is 7.40. The minimum atomic E-state index is -0.214. The fourth-order valence-corrected chi connectivity index (χ4v) is 3.39. The van der Waals surface area contributed by atoms with E-state index < -0.39 is 0 Å². The van der Waals surface area contributed by atoms with E-state index in [1.807, 2.05) is 29.1 Å². The number of nitrogens with zero attached hydrogens (tertiary/aromatic N) is 3. The molecular formula is C21H22FN3O. The lowest BCUT2D eigenvalue weighted by Gasteiger charge is -2.33. The third-order valence-electron chi connectivity index (χ3n) is 4.88. The van der Waals surface area contributed by atoms with E-state index >= 15 is 0 Å². The number of morpholine rings is 1. The Hall–Kier alpha value is -2.50. The van der Waals surface area contributed by atoms with Gasteiger partial charge in [0.15, 0.2) is 0 Å². The molecule has 0 aliphatic carbocycles. The number of aromatic nitrogens is 2. The summed E-state index contributed by atoms with van der Waals surface area (Å²) in [6, 6.07) is 15.0. The summed E-state index contributed by atoms with van der Waals surface area (Å²) in [4.78, 5) is 2.40. The standard InChI is InChI=1S/C21H22FN3O/c1-16-13-20(25-10-2-9-23-25)8-5-18(16)14-24-11-12-26-21(15-24)17-3-6-19(22)7-4-17/h2-10,13,21H,11-12,14-15H2,1H3/t21-/m1/s1. The minimum Gasteiger partial charge on any atom is -0.371 e. The Morgan fingerprint density at radius 3 is 2.77 bits per heavy atom. The zero-order valence-electron chi connectivity index (χ0n) is 14.8. The first-order valence-corrected chi connectivity index (χ1v) is 8.88. The van der Waals surface area contributed by atoms with E-state index in [9.17, 15) is 4.39 Å². The molecule has 4 nitrogen and oxygen atoms in total. The molecule has 26 heavy (non-hydrogen) atoms. The zero-order valence-corrected chi connectivity index (χ0v) is 14.8. The molecule has 1 saturated heterocycles. The summed E-state index contributed by atoms with van der Waals surface area (Å²) in [7, 11) is 0. The summed E-state index contributed by atoms with van der Waals surface area (Å²) in [6.45, 7) is 5.42. The fourth-order valence-electron chi connectivity index (χ4n) is 3.39. The van der Waals surface area contributed by atoms with Crippen LogP contribution in [0.3, 0.4) is 0 Å². The van der Waals surface area contributed by atoms with Crippen molar-refractivity contribution in [1.29, 1.82) is 0 Å². The van der Waals surface area contributed by atoms with Crippen molar-refractivity contribution in [2.45, 2.75) is 19.6 Å². The highest BCUT2D eigenvalue weighted by atomic mass is 19.1. The number of halogens is 1. The van der Waals surface area contributed by atoms with Crippen LogP contribution in [0.5, 0.6) is 0 Å². The molecule has 0 radical (unpaired) electrons. The maximum Gasteiger partial charge on any atom is 0.123 e. The predicted octanol–water partition coefficient (Wildman–Crippen LogP) is 3.89. The number of aryl methyl sites for hydroxylation is 1. The Bertz CT molecular complexity index is 861. The quantitative estimate of drug-likeness (QED) is 0.714. The summed E-state index contributed by atoms with van der Waals surface area (Å²) in [6.07, 6.45) is 3.73. The van der Waals surface area contributed by atoms with Crippen molar-refractivity contribution in [3.05, 3.63) is 83.4 Å². The lowest BCUT2D eigenvalue weighted by molar-refractivity contribution is -0.0330. The van der Waals surface area contributed by atoms with Gasteiger partial charge in [-0.1, -0.05) is 18.2 Å². The molecule has 2 aromatic carbocycles. The highest BCUT2D eigenvalue weighted by Gasteiger charge is 2.22. The van der Waals surface area contributed by atoms with E-state index in [1.54, 1.807) is 6.20 Å². The van der Waals surface area contributed by atoms with Gasteiger partial charge < -0.3 is 4.74 Å². The highest BCUT2D eigenvalue weighted by Crippen LogP contribution is 2.24. The van der Waals surface area contributed by atoms with Crippen LogP contribution in [-0.2, 0) is 11.3 Å². The van der Waals surface area contributed by atoms with Crippen molar-refractivity contribution >= 4 is 0 Å². The van der Waals surface area contributed by atoms with Crippen LogP contribution in [0.15, 0.2) is 60.9 Å². The minimum absolute atomic E-state index is 0.00648. The monoisotopic (exact) mass is 351 g/mol. The SMILES string of the molecule is Cc1cc(-n2cccn2)ccc1CN1CCO[C@@H](c2ccc(F)cc2)C1. The molecule has 5 heteroatoms. The summed E-state index contributed by atoms with van der Waals surface area (Å²) < 4.78 is 20.9. The molecule has 1 atom stereocenters. The first-order valence-electron chi connectivity index (χ1n) is 8.88. The molecule has 1 aromatic heterocycles. The second-order valence-corrected chi connectivity index (χ2v) is 6.71. The smallest absolute Gasteiger partial charge is 0.123 e. The zero-order chi connectivity index (χ0) is 17.9. The first-order chi connectivity index (χ1) is 12.7. The average Bonchev–Trinajstić information content (AvgIpc) is 3.19. The fraction of sp³-hybridized carbons (Fsp3) is 0.286. The van der Waals surface area contributed by atoms with Crippen molar-refractivity contribution in [1.82, 2.24) is 14.7 Å². The van der Waals surface area contributed by atoms with Crippen LogP contribution in [-0.4, -0.2) is 34.4 Å². The Balaban J connectivity index is 1.46. The summed E-state index contributed by atoms with van der Waals surface area (Å²) in [5, 5.41) is 4.29. The lowest BCUT2D eigenvalue weighted by Crippen LogP contribution is -2.38. The number of benzene rings is 2. The Morgan fingerprint density at radius 2 is 2.04 bits per heavy atom. The van der Waals surface area contributed by atoms with E-state index in [0.717, 1.165) is 30.9 Å². The summed E-state index contributed by atoms with van der Waals surface area (Å²) >= 11 is 0. The molecule has 3 aromatic rings. The molecule has 0 unspecified atom stereocenters. The van der Waals surface area contributed by atoms with Gasteiger partial charge in [0, 0.05) is 32.0 Å². The van der Waals surface area contributed by atoms with Gasteiger partial charge in [0.05, 0.1) is 18.4 Å². The van der Waals surface area contributed by atoms with Crippen LogP contribution in [0.1, 0.15) is 22.8 Å². The Labute approximate surface area is 152 Å². The van der Waals surface area contributed by atoms with Crippen molar-refractivity contribution in [2.24, 2.45) is 0 Å². The van der Waals surface area contributed by atoms with E-state index in [2.05, 4.69) is 35.1 Å². The maximum absolute atomic E-state index is 13.1. The van der Waals surface area contributed by atoms with Gasteiger partial charge in [-0.25, -0.2) is 9.07 Å². The van der Waals surface area contributed by atoms with Crippen LogP contribution in [0.25, 0.3) is 5.69 Å². The molecule has 0 bridgehead atoms. The van der Waals surface area contributed by atoms with E-state index in [0.29, 0.717) is 6.61 Å². The number of ether oxygens (including phenoxy) is 1. The van der Waals surface area contributed by atoms with E-state index in [4.69, 9.17) is 4.74 Å². The van der Waals surface area contributed by atoms with Gasteiger partial charge in [0.25, 0.3) is 0 Å². The van der Waals surface area contributed by atoms with Crippen LogP contribution in [0, 0.1) is 12.7 Å². The Kier molecular flexibility index (Phi) is 4.82. The van der Waals surface area contributed by atoms with Crippen molar-refractivity contribution < 1.29 is 9.13 Å². The molecule has 134 valence electrons. The lowest BCUT2D eigenvalue weighted by atomic mass is 10.0. The number of hydrogen-bond donors (Lipinski definition) is 0. The largest absolute Gasteiger partial charge is 0.371 e. The highest BCUT2D eigenvalue weighted by molar-refractivity contribution is 5.39. The first kappa shape index (κ1) is 16.9. The van der Waals surface area contributed by atoms with E-state index in [1.165, 1.54) is 23.3 Å². The molecule has 1 aliphatic heterocycles. The molecule has 0 spiro atoms. The van der Waals surface area contributed by atoms with Crippen LogP contribution >= 0.6 is 0 Å². The molecule has 0 amide bonds. The summed E-state index contributed by atoms with van der Waals surface area (Å²) in [5.74, 6) is -0.214. The van der Waals surface area contributed by atoms with Gasteiger partial charge in [-0.3, -0.25) is 4.90 Å². The normalized spacial score (nSPS) is 18.2. The van der Waals surface area contributed by atoms with Gasteiger partial charge in [0.2, 0.25) is 0 Å². The average molecular weight is 351 g/mol. The van der Waals surface area contributed by atoms with Gasteiger partial charge in [0.1, 0.15) is 5.82 Å². The molecule has 1 aliphatic rings. The predicted molar refractivity (Wildman–Crippen MR) is 98.7 cm³/mol. The van der Waals surface area contributed by atoms with Gasteiger partial charge in [-0.2, -0.15) is 5.10 Å². The van der Waals surface area contributed by atoms with Crippen molar-refractivity contribution in [2.75, 3.05) is 19.7 Å². The van der Waals surface area contributed by atoms with Crippen LogP contribution in [0.4, 0.5) is 4.39 Å². The number of hydrogen-bond acceptors (Lipinski definition) is 3. The van der Waals surface area contributed by atoms with Crippen LogP contribution in [0.2, 0.25) is 0 Å². The topological polar surface area (TPSA) is 30.3 Å². The van der Waals surface area contributed by atoms with Crippen molar-refractivity contribution in [3.8, 4) is 5.69 Å². The maximum atomic E-state index is 13.1. The van der Waals surface area contributed by atoms with Gasteiger partial charge in [-0.15, -0.1) is 0 Å². The second-order valence-electron chi connectivity index (χ2n) is 6.71.